The zero-order valence-electron chi connectivity index (χ0n) is 18.3. The van der Waals surface area contributed by atoms with Crippen molar-refractivity contribution in [3.8, 4) is 0 Å². The average Bonchev–Trinajstić information content (AvgIpc) is 2.54. The summed E-state index contributed by atoms with van der Waals surface area (Å²) in [6, 6.07) is 0. The first-order valence-electron chi connectivity index (χ1n) is 9.59. The van der Waals surface area contributed by atoms with Crippen molar-refractivity contribution >= 4 is 8.80 Å². The van der Waals surface area contributed by atoms with Crippen LogP contribution in [0.1, 0.15) is 67.2 Å². The Morgan fingerprint density at radius 2 is 1.08 bits per heavy atom. The molecule has 0 spiro atoms. The molecule has 26 heavy (non-hydrogen) atoms. The number of hydrogen-bond acceptors (Lipinski definition) is 3. The predicted octanol–water partition coefficient (Wildman–Crippen LogP) is 6.62. The topological polar surface area (TPSA) is 27.7 Å². The van der Waals surface area contributed by atoms with Crippen molar-refractivity contribution in [3.05, 3.63) is 46.6 Å². The number of rotatable bonds is 13. The third-order valence-corrected chi connectivity index (χ3v) is 6.23. The quantitative estimate of drug-likeness (QED) is 0.265. The van der Waals surface area contributed by atoms with Gasteiger partial charge in [0.05, 0.1) is 13.2 Å². The van der Waals surface area contributed by atoms with Crippen molar-refractivity contribution in [1.29, 1.82) is 0 Å². The van der Waals surface area contributed by atoms with Crippen LogP contribution in [0.2, 0.25) is 6.55 Å². The second kappa shape index (κ2) is 14.2. The first-order chi connectivity index (χ1) is 12.2. The van der Waals surface area contributed by atoms with E-state index in [-0.39, 0.29) is 0 Å². The molecule has 0 rings (SSSR count). The van der Waals surface area contributed by atoms with Crippen molar-refractivity contribution in [1.82, 2.24) is 0 Å². The van der Waals surface area contributed by atoms with Gasteiger partial charge in [0, 0.05) is 13.7 Å². The first kappa shape index (κ1) is 25.1. The van der Waals surface area contributed by atoms with Gasteiger partial charge in [-0.3, -0.25) is 0 Å². The molecular weight excluding hydrogens is 340 g/mol. The van der Waals surface area contributed by atoms with Crippen LogP contribution in [0.3, 0.4) is 0 Å². The molecule has 0 N–H and O–H groups in total. The molecule has 0 fully saturated rings. The molecule has 0 saturated carbocycles. The predicted molar refractivity (Wildman–Crippen MR) is 115 cm³/mol. The van der Waals surface area contributed by atoms with Crippen molar-refractivity contribution in [2.75, 3.05) is 20.3 Å². The maximum Gasteiger partial charge on any atom is 0.497 e. The Morgan fingerprint density at radius 1 is 0.692 bits per heavy atom. The molecule has 0 aromatic heterocycles. The van der Waals surface area contributed by atoms with E-state index < -0.39 is 8.80 Å². The molecule has 0 atom stereocenters. The summed E-state index contributed by atoms with van der Waals surface area (Å²) in [5.41, 5.74) is 5.41. The van der Waals surface area contributed by atoms with Gasteiger partial charge in [0.1, 0.15) is 0 Å². The Labute approximate surface area is 163 Å². The van der Waals surface area contributed by atoms with E-state index in [1.807, 2.05) is 6.55 Å². The third kappa shape index (κ3) is 14.2. The van der Waals surface area contributed by atoms with E-state index in [4.69, 9.17) is 13.3 Å². The van der Waals surface area contributed by atoms with Crippen LogP contribution in [0.4, 0.5) is 0 Å². The maximum atomic E-state index is 5.94. The molecular formula is C22H40O3Si. The molecule has 0 aromatic carbocycles. The summed E-state index contributed by atoms with van der Waals surface area (Å²) < 4.78 is 17.4. The van der Waals surface area contributed by atoms with Gasteiger partial charge in [0.2, 0.25) is 0 Å². The fraction of sp³-hybridized carbons (Fsp3) is 0.636. The molecule has 0 heterocycles. The van der Waals surface area contributed by atoms with Crippen LogP contribution in [-0.2, 0) is 13.3 Å². The Balaban J connectivity index is 4.30. The summed E-state index contributed by atoms with van der Waals surface area (Å²) >= 11 is 0. The van der Waals surface area contributed by atoms with Gasteiger partial charge in [-0.25, -0.2) is 0 Å². The van der Waals surface area contributed by atoms with Gasteiger partial charge in [0.25, 0.3) is 0 Å². The van der Waals surface area contributed by atoms with Crippen LogP contribution in [0.25, 0.3) is 0 Å². The molecule has 0 aromatic rings. The SMILES string of the molecule is CO[Si](C)(OC/C=C(\C)CCC=C(C)C)OC/C=C(\C)CCC=C(C)C. The van der Waals surface area contributed by atoms with Crippen LogP contribution in [0, 0.1) is 0 Å². The first-order valence-corrected chi connectivity index (χ1v) is 11.8. The van der Waals surface area contributed by atoms with Crippen LogP contribution < -0.4 is 0 Å². The Bertz CT molecular complexity index is 465. The van der Waals surface area contributed by atoms with Crippen LogP contribution >= 0.6 is 0 Å². The molecule has 0 bridgehead atoms. The Kier molecular flexibility index (Phi) is 13.6. The van der Waals surface area contributed by atoms with Gasteiger partial charge in [-0.1, -0.05) is 46.6 Å². The zero-order valence-corrected chi connectivity index (χ0v) is 19.3. The van der Waals surface area contributed by atoms with Crippen molar-refractivity contribution in [2.45, 2.75) is 73.8 Å². The second-order valence-electron chi connectivity index (χ2n) is 7.43. The van der Waals surface area contributed by atoms with E-state index in [2.05, 4.69) is 65.8 Å². The molecule has 150 valence electrons. The van der Waals surface area contributed by atoms with E-state index in [9.17, 15) is 0 Å². The molecule has 0 saturated heterocycles. The Hall–Kier alpha value is -0.943. The summed E-state index contributed by atoms with van der Waals surface area (Å²) in [6.45, 7) is 15.9. The molecule has 0 unspecified atom stereocenters. The summed E-state index contributed by atoms with van der Waals surface area (Å²) in [5.74, 6) is 0. The van der Waals surface area contributed by atoms with Crippen molar-refractivity contribution in [2.24, 2.45) is 0 Å². The Morgan fingerprint density at radius 3 is 1.38 bits per heavy atom. The van der Waals surface area contributed by atoms with Crippen LogP contribution in [-0.4, -0.2) is 29.1 Å². The normalized spacial score (nSPS) is 12.9. The van der Waals surface area contributed by atoms with E-state index in [0.29, 0.717) is 13.2 Å². The number of hydrogen-bond donors (Lipinski definition) is 0. The minimum absolute atomic E-state index is 0.542. The molecule has 0 aliphatic heterocycles. The largest absolute Gasteiger partial charge is 0.497 e. The highest BCUT2D eigenvalue weighted by atomic mass is 28.4. The molecule has 3 nitrogen and oxygen atoms in total. The highest BCUT2D eigenvalue weighted by Gasteiger charge is 2.32. The van der Waals surface area contributed by atoms with E-state index >= 15 is 0 Å². The molecule has 0 amide bonds. The maximum absolute atomic E-state index is 5.94. The molecule has 0 aliphatic rings. The van der Waals surface area contributed by atoms with Crippen LogP contribution in [0.15, 0.2) is 46.6 Å². The lowest BCUT2D eigenvalue weighted by Gasteiger charge is -2.23. The monoisotopic (exact) mass is 380 g/mol. The lowest BCUT2D eigenvalue weighted by Crippen LogP contribution is -2.41. The van der Waals surface area contributed by atoms with Crippen molar-refractivity contribution < 1.29 is 13.3 Å². The fourth-order valence-electron chi connectivity index (χ4n) is 2.21. The average molecular weight is 381 g/mol. The van der Waals surface area contributed by atoms with Crippen LogP contribution in [0.5, 0.6) is 0 Å². The summed E-state index contributed by atoms with van der Waals surface area (Å²) in [6.07, 6.45) is 13.1. The van der Waals surface area contributed by atoms with Gasteiger partial charge in [-0.15, -0.1) is 0 Å². The van der Waals surface area contributed by atoms with E-state index in [1.54, 1.807) is 7.11 Å². The molecule has 4 heteroatoms. The fourth-order valence-corrected chi connectivity index (χ4v) is 3.30. The van der Waals surface area contributed by atoms with Gasteiger partial charge >= 0.3 is 8.80 Å². The minimum atomic E-state index is -2.57. The van der Waals surface area contributed by atoms with Gasteiger partial charge < -0.3 is 13.3 Å². The molecule has 0 aliphatic carbocycles. The minimum Gasteiger partial charge on any atom is -0.377 e. The van der Waals surface area contributed by atoms with Gasteiger partial charge in [-0.05, 0) is 67.2 Å². The third-order valence-electron chi connectivity index (χ3n) is 4.11. The molecule has 0 radical (unpaired) electrons. The smallest absolute Gasteiger partial charge is 0.377 e. The van der Waals surface area contributed by atoms with Gasteiger partial charge in [0.15, 0.2) is 0 Å². The highest BCUT2D eigenvalue weighted by Crippen LogP contribution is 2.12. The number of allylic oxidation sites excluding steroid dienone is 6. The summed E-state index contributed by atoms with van der Waals surface area (Å²) in [7, 11) is -0.899. The van der Waals surface area contributed by atoms with Crippen molar-refractivity contribution in [3.63, 3.8) is 0 Å². The summed E-state index contributed by atoms with van der Waals surface area (Å²) in [5, 5.41) is 0. The van der Waals surface area contributed by atoms with E-state index in [1.165, 1.54) is 22.3 Å². The lowest BCUT2D eigenvalue weighted by molar-refractivity contribution is 0.105. The summed E-state index contributed by atoms with van der Waals surface area (Å²) in [4.78, 5) is 0. The van der Waals surface area contributed by atoms with E-state index in [0.717, 1.165) is 25.7 Å². The zero-order chi connectivity index (χ0) is 20.0. The van der Waals surface area contributed by atoms with Gasteiger partial charge in [-0.2, -0.15) is 0 Å². The highest BCUT2D eigenvalue weighted by molar-refractivity contribution is 6.59. The lowest BCUT2D eigenvalue weighted by atomic mass is 10.1. The second-order valence-corrected chi connectivity index (χ2v) is 10.1. The standard InChI is InChI=1S/C22H40O3Si/c1-19(2)11-9-13-21(5)15-17-24-26(8,23-7)25-18-16-22(6)14-10-12-20(3)4/h11-12,15-16H,9-10,13-14,17-18H2,1-8H3/b21-15+,22-16+.